The Hall–Kier alpha value is -0.640. The van der Waals surface area contributed by atoms with Crippen LogP contribution in [0.3, 0.4) is 0 Å². The molecule has 0 aliphatic carbocycles. The summed E-state index contributed by atoms with van der Waals surface area (Å²) in [6, 6.07) is 4.58. The predicted molar refractivity (Wildman–Crippen MR) is 71.2 cm³/mol. The second kappa shape index (κ2) is 5.34. The van der Waals surface area contributed by atoms with Crippen LogP contribution in [0.1, 0.15) is 12.5 Å². The fourth-order valence-electron chi connectivity index (χ4n) is 2.61. The van der Waals surface area contributed by atoms with E-state index in [1.807, 2.05) is 12.3 Å². The predicted octanol–water partition coefficient (Wildman–Crippen LogP) is 2.12. The van der Waals surface area contributed by atoms with Crippen molar-refractivity contribution in [2.24, 2.45) is 5.92 Å². The van der Waals surface area contributed by atoms with Crippen LogP contribution in [0.4, 0.5) is 0 Å². The molecule has 1 aromatic rings. The molecule has 2 atom stereocenters. The molecule has 0 spiro atoms. The van der Waals surface area contributed by atoms with Crippen LogP contribution in [0.25, 0.3) is 0 Å². The van der Waals surface area contributed by atoms with Gasteiger partial charge in [-0.1, -0.05) is 24.6 Å². The van der Waals surface area contributed by atoms with Crippen molar-refractivity contribution in [2.45, 2.75) is 19.5 Å². The molecule has 2 rings (SSSR count). The number of pyridine rings is 1. The molecular weight excluding hydrogens is 234 g/mol. The lowest BCUT2D eigenvalue weighted by atomic mass is 10.1. The average molecular weight is 254 g/mol. The van der Waals surface area contributed by atoms with Crippen LogP contribution in [-0.2, 0) is 6.54 Å². The van der Waals surface area contributed by atoms with Gasteiger partial charge in [0.25, 0.3) is 0 Å². The number of aromatic nitrogens is 1. The quantitative estimate of drug-likeness (QED) is 0.770. The van der Waals surface area contributed by atoms with Crippen molar-refractivity contribution in [3.8, 4) is 0 Å². The van der Waals surface area contributed by atoms with E-state index in [4.69, 9.17) is 11.6 Å². The van der Waals surface area contributed by atoms with Gasteiger partial charge in [-0.3, -0.25) is 4.90 Å². The first-order valence-electron chi connectivity index (χ1n) is 6.05. The van der Waals surface area contributed by atoms with Crippen molar-refractivity contribution in [3.05, 3.63) is 29.0 Å². The summed E-state index contributed by atoms with van der Waals surface area (Å²) in [5.74, 6) is 0.727. The lowest BCUT2D eigenvalue weighted by Gasteiger charge is -2.22. The lowest BCUT2D eigenvalue weighted by molar-refractivity contribution is 0.250. The highest BCUT2D eigenvalue weighted by molar-refractivity contribution is 6.29. The number of likely N-dealkylation sites (N-methyl/N-ethyl adjacent to an activating group) is 1. The Morgan fingerprint density at radius 1 is 1.41 bits per heavy atom. The van der Waals surface area contributed by atoms with Gasteiger partial charge in [-0.25, -0.2) is 4.98 Å². The Kier molecular flexibility index (Phi) is 4.02. The largest absolute Gasteiger partial charge is 0.305 e. The van der Waals surface area contributed by atoms with Crippen molar-refractivity contribution in [3.63, 3.8) is 0 Å². The first kappa shape index (κ1) is 12.8. The molecule has 1 aliphatic rings. The molecule has 0 aromatic carbocycles. The molecule has 0 bridgehead atoms. The van der Waals surface area contributed by atoms with Crippen molar-refractivity contribution >= 4 is 11.6 Å². The zero-order valence-electron chi connectivity index (χ0n) is 10.7. The Labute approximate surface area is 108 Å². The first-order chi connectivity index (χ1) is 8.06. The summed E-state index contributed by atoms with van der Waals surface area (Å²) >= 11 is 5.78. The maximum Gasteiger partial charge on any atom is 0.129 e. The van der Waals surface area contributed by atoms with Gasteiger partial charge in [0.1, 0.15) is 5.15 Å². The molecule has 1 saturated heterocycles. The molecule has 0 radical (unpaired) electrons. The summed E-state index contributed by atoms with van der Waals surface area (Å²) in [7, 11) is 4.32. The van der Waals surface area contributed by atoms with E-state index in [0.717, 1.165) is 25.6 Å². The van der Waals surface area contributed by atoms with Gasteiger partial charge in [0, 0.05) is 31.9 Å². The van der Waals surface area contributed by atoms with E-state index in [-0.39, 0.29) is 0 Å². The second-order valence-corrected chi connectivity index (χ2v) is 5.58. The topological polar surface area (TPSA) is 19.4 Å². The van der Waals surface area contributed by atoms with Crippen LogP contribution in [0.5, 0.6) is 0 Å². The molecule has 4 heteroatoms. The van der Waals surface area contributed by atoms with Crippen molar-refractivity contribution in [1.82, 2.24) is 14.8 Å². The van der Waals surface area contributed by atoms with Gasteiger partial charge < -0.3 is 4.90 Å². The zero-order chi connectivity index (χ0) is 12.4. The number of rotatable bonds is 3. The van der Waals surface area contributed by atoms with E-state index >= 15 is 0 Å². The Morgan fingerprint density at radius 2 is 2.18 bits per heavy atom. The molecule has 2 unspecified atom stereocenters. The first-order valence-corrected chi connectivity index (χ1v) is 6.43. The molecule has 0 saturated carbocycles. The third kappa shape index (κ3) is 3.18. The number of halogens is 1. The second-order valence-electron chi connectivity index (χ2n) is 5.19. The third-order valence-corrected chi connectivity index (χ3v) is 3.73. The maximum atomic E-state index is 5.78. The molecule has 1 aliphatic heterocycles. The molecule has 0 N–H and O–H groups in total. The third-order valence-electron chi connectivity index (χ3n) is 3.51. The lowest BCUT2D eigenvalue weighted by Crippen LogP contribution is -2.34. The highest BCUT2D eigenvalue weighted by Gasteiger charge is 2.30. The molecule has 2 heterocycles. The molecule has 17 heavy (non-hydrogen) atoms. The van der Waals surface area contributed by atoms with E-state index in [1.54, 1.807) is 0 Å². The van der Waals surface area contributed by atoms with Gasteiger partial charge in [-0.2, -0.15) is 0 Å². The van der Waals surface area contributed by atoms with E-state index in [0.29, 0.717) is 11.2 Å². The smallest absolute Gasteiger partial charge is 0.129 e. The summed E-state index contributed by atoms with van der Waals surface area (Å²) in [6.07, 6.45) is 1.87. The van der Waals surface area contributed by atoms with Crippen LogP contribution in [0.2, 0.25) is 5.15 Å². The minimum atomic E-state index is 0.565. The molecule has 94 valence electrons. The fourth-order valence-corrected chi connectivity index (χ4v) is 2.72. The highest BCUT2D eigenvalue weighted by atomic mass is 35.5. The minimum Gasteiger partial charge on any atom is -0.305 e. The van der Waals surface area contributed by atoms with E-state index < -0.39 is 0 Å². The summed E-state index contributed by atoms with van der Waals surface area (Å²) in [4.78, 5) is 8.93. The van der Waals surface area contributed by atoms with Crippen molar-refractivity contribution in [1.29, 1.82) is 0 Å². The molecule has 1 fully saturated rings. The zero-order valence-corrected chi connectivity index (χ0v) is 11.5. The number of hydrogen-bond acceptors (Lipinski definition) is 3. The minimum absolute atomic E-state index is 0.565. The SMILES string of the molecule is CC1CN(Cc2ccc(Cl)nc2)CC1N(C)C. The number of nitrogens with zero attached hydrogens (tertiary/aromatic N) is 3. The standard InChI is InChI=1S/C13H20ClN3/c1-10-7-17(9-12(10)16(2)3)8-11-4-5-13(14)15-6-11/h4-6,10,12H,7-9H2,1-3H3. The van der Waals surface area contributed by atoms with Gasteiger partial charge in [-0.15, -0.1) is 0 Å². The number of likely N-dealkylation sites (tertiary alicyclic amines) is 1. The Morgan fingerprint density at radius 3 is 2.71 bits per heavy atom. The highest BCUT2D eigenvalue weighted by Crippen LogP contribution is 2.21. The van der Waals surface area contributed by atoms with E-state index in [9.17, 15) is 0 Å². The van der Waals surface area contributed by atoms with Gasteiger partial charge in [0.15, 0.2) is 0 Å². The Balaban J connectivity index is 1.95. The number of hydrogen-bond donors (Lipinski definition) is 0. The van der Waals surface area contributed by atoms with Crippen LogP contribution >= 0.6 is 11.6 Å². The molecule has 3 nitrogen and oxygen atoms in total. The fraction of sp³-hybridized carbons (Fsp3) is 0.615. The summed E-state index contributed by atoms with van der Waals surface area (Å²) in [5.41, 5.74) is 1.24. The maximum absolute atomic E-state index is 5.78. The van der Waals surface area contributed by atoms with E-state index in [2.05, 4.69) is 41.9 Å². The molecule has 1 aromatic heterocycles. The van der Waals surface area contributed by atoms with Crippen molar-refractivity contribution in [2.75, 3.05) is 27.2 Å². The van der Waals surface area contributed by atoms with Gasteiger partial charge in [0.2, 0.25) is 0 Å². The van der Waals surface area contributed by atoms with Crippen LogP contribution in [0.15, 0.2) is 18.3 Å². The molecule has 0 amide bonds. The summed E-state index contributed by atoms with van der Waals surface area (Å²) in [5, 5.41) is 0.565. The molecular formula is C13H20ClN3. The normalized spacial score (nSPS) is 25.7. The van der Waals surface area contributed by atoms with Crippen LogP contribution < -0.4 is 0 Å². The van der Waals surface area contributed by atoms with Gasteiger partial charge in [0.05, 0.1) is 0 Å². The van der Waals surface area contributed by atoms with Crippen LogP contribution in [0, 0.1) is 5.92 Å². The Bertz CT molecular complexity index is 363. The summed E-state index contributed by atoms with van der Waals surface area (Å²) < 4.78 is 0. The monoisotopic (exact) mass is 253 g/mol. The van der Waals surface area contributed by atoms with E-state index in [1.165, 1.54) is 5.56 Å². The summed E-state index contributed by atoms with van der Waals surface area (Å²) in [6.45, 7) is 5.59. The van der Waals surface area contributed by atoms with Crippen LogP contribution in [-0.4, -0.2) is 48.0 Å². The van der Waals surface area contributed by atoms with Gasteiger partial charge >= 0.3 is 0 Å². The van der Waals surface area contributed by atoms with Gasteiger partial charge in [-0.05, 0) is 31.6 Å². The van der Waals surface area contributed by atoms with Crippen molar-refractivity contribution < 1.29 is 0 Å². The average Bonchev–Trinajstić information content (AvgIpc) is 2.63.